The number of aryl methyl sites for hydroxylation is 1. The number of thioether (sulfide) groups is 1. The van der Waals surface area contributed by atoms with Crippen molar-refractivity contribution in [3.63, 3.8) is 0 Å². The highest BCUT2D eigenvalue weighted by Crippen LogP contribution is 2.44. The number of sulfone groups is 1. The minimum absolute atomic E-state index is 0.0403. The Bertz CT molecular complexity index is 861. The molecule has 0 N–H and O–H groups in total. The molecule has 0 bridgehead atoms. The number of ether oxygens (including phenoxy) is 1. The van der Waals surface area contributed by atoms with Crippen LogP contribution in [-0.4, -0.2) is 49.4 Å². The number of rotatable bonds is 3. The van der Waals surface area contributed by atoms with E-state index in [1.165, 1.54) is 11.8 Å². The standard InChI is InChI=1S/C17H20N2O4S2/c1-10-3-6-14(23-2)12(7-10)19-13-8-25(21,22)9-15(13)24-17(19)18-16(20)11-4-5-11/h3,6-7,11,13,15H,4-5,8-9H2,1-2H3. The molecule has 134 valence electrons. The number of amidine groups is 1. The molecule has 25 heavy (non-hydrogen) atoms. The number of aliphatic imine (C=N–C) groups is 1. The Morgan fingerprint density at radius 2 is 2.08 bits per heavy atom. The fourth-order valence-corrected chi connectivity index (χ4v) is 7.26. The van der Waals surface area contributed by atoms with Crippen LogP contribution in [0.5, 0.6) is 5.75 Å². The minimum atomic E-state index is -3.08. The maximum atomic E-state index is 12.2. The lowest BCUT2D eigenvalue weighted by molar-refractivity contribution is -0.118. The van der Waals surface area contributed by atoms with Gasteiger partial charge in [0.05, 0.1) is 30.3 Å². The van der Waals surface area contributed by atoms with E-state index in [0.29, 0.717) is 10.9 Å². The van der Waals surface area contributed by atoms with Gasteiger partial charge >= 0.3 is 0 Å². The molecule has 0 radical (unpaired) electrons. The third-order valence-corrected chi connectivity index (χ3v) is 8.00. The molecule has 2 aliphatic heterocycles. The van der Waals surface area contributed by atoms with E-state index in [1.807, 2.05) is 30.0 Å². The zero-order valence-electron chi connectivity index (χ0n) is 14.1. The molecule has 2 heterocycles. The number of anilines is 1. The van der Waals surface area contributed by atoms with E-state index >= 15 is 0 Å². The maximum Gasteiger partial charge on any atom is 0.251 e. The molecule has 3 fully saturated rings. The number of methoxy groups -OCH3 is 1. The molecular weight excluding hydrogens is 360 g/mol. The zero-order valence-corrected chi connectivity index (χ0v) is 15.8. The Kier molecular flexibility index (Phi) is 4.07. The lowest BCUT2D eigenvalue weighted by Gasteiger charge is -2.26. The van der Waals surface area contributed by atoms with Gasteiger partial charge in [-0.2, -0.15) is 4.99 Å². The number of amides is 1. The van der Waals surface area contributed by atoms with Crippen molar-refractivity contribution in [2.75, 3.05) is 23.5 Å². The van der Waals surface area contributed by atoms with Gasteiger partial charge in [-0.25, -0.2) is 8.42 Å². The summed E-state index contributed by atoms with van der Waals surface area (Å²) < 4.78 is 29.7. The minimum Gasteiger partial charge on any atom is -0.495 e. The fourth-order valence-electron chi connectivity index (χ4n) is 3.35. The summed E-state index contributed by atoms with van der Waals surface area (Å²) in [6, 6.07) is 5.56. The number of hydrogen-bond acceptors (Lipinski definition) is 5. The maximum absolute atomic E-state index is 12.2. The van der Waals surface area contributed by atoms with Crippen molar-refractivity contribution in [1.82, 2.24) is 0 Å². The first-order valence-electron chi connectivity index (χ1n) is 8.31. The summed E-state index contributed by atoms with van der Waals surface area (Å²) in [5.41, 5.74) is 1.82. The molecule has 1 aromatic rings. The molecule has 1 amide bonds. The second-order valence-corrected chi connectivity index (χ2v) is 10.2. The third kappa shape index (κ3) is 3.17. The Hall–Kier alpha value is -1.54. The summed E-state index contributed by atoms with van der Waals surface area (Å²) in [7, 11) is -1.49. The first kappa shape index (κ1) is 16.9. The number of hydrogen-bond donors (Lipinski definition) is 0. The van der Waals surface area contributed by atoms with Crippen molar-refractivity contribution in [2.45, 2.75) is 31.1 Å². The van der Waals surface area contributed by atoms with E-state index < -0.39 is 9.84 Å². The molecule has 6 nitrogen and oxygen atoms in total. The van der Waals surface area contributed by atoms with Crippen LogP contribution in [0, 0.1) is 12.8 Å². The van der Waals surface area contributed by atoms with Gasteiger partial charge in [0.25, 0.3) is 5.91 Å². The molecule has 3 aliphatic rings. The first-order valence-corrected chi connectivity index (χ1v) is 11.0. The van der Waals surface area contributed by atoms with Gasteiger partial charge in [-0.05, 0) is 37.5 Å². The smallest absolute Gasteiger partial charge is 0.251 e. The number of carbonyl (C=O) groups excluding carboxylic acids is 1. The average molecular weight is 380 g/mol. The van der Waals surface area contributed by atoms with Crippen LogP contribution in [-0.2, 0) is 14.6 Å². The summed E-state index contributed by atoms with van der Waals surface area (Å²) in [6.07, 6.45) is 1.80. The predicted molar refractivity (Wildman–Crippen MR) is 99.2 cm³/mol. The average Bonchev–Trinajstić information content (AvgIpc) is 3.28. The number of fused-ring (bicyclic) bond motifs is 1. The van der Waals surface area contributed by atoms with Gasteiger partial charge in [-0.1, -0.05) is 17.8 Å². The van der Waals surface area contributed by atoms with Crippen molar-refractivity contribution in [3.05, 3.63) is 23.8 Å². The summed E-state index contributed by atoms with van der Waals surface area (Å²) in [5.74, 6) is 0.811. The van der Waals surface area contributed by atoms with Crippen LogP contribution in [0.25, 0.3) is 0 Å². The van der Waals surface area contributed by atoms with Crippen LogP contribution < -0.4 is 9.64 Å². The molecule has 4 rings (SSSR count). The monoisotopic (exact) mass is 380 g/mol. The molecule has 1 aromatic carbocycles. The second-order valence-electron chi connectivity index (χ2n) is 6.85. The van der Waals surface area contributed by atoms with Gasteiger partial charge in [0.1, 0.15) is 5.75 Å². The summed E-state index contributed by atoms with van der Waals surface area (Å²) in [6.45, 7) is 1.97. The van der Waals surface area contributed by atoms with E-state index in [0.717, 1.165) is 24.1 Å². The fraction of sp³-hybridized carbons (Fsp3) is 0.529. The number of benzene rings is 1. The van der Waals surface area contributed by atoms with Crippen LogP contribution in [0.3, 0.4) is 0 Å². The second kappa shape index (κ2) is 6.02. The van der Waals surface area contributed by atoms with E-state index in [4.69, 9.17) is 4.74 Å². The SMILES string of the molecule is COc1ccc(C)cc1N1C(=NC(=O)C2CC2)SC2CS(=O)(=O)CC21. The predicted octanol–water partition coefficient (Wildman–Crippen LogP) is 2.02. The topological polar surface area (TPSA) is 76.0 Å². The first-order chi connectivity index (χ1) is 11.9. The van der Waals surface area contributed by atoms with Crippen LogP contribution in [0.2, 0.25) is 0 Å². The zero-order chi connectivity index (χ0) is 17.8. The number of nitrogens with zero attached hydrogens (tertiary/aromatic N) is 2. The molecule has 1 aliphatic carbocycles. The van der Waals surface area contributed by atoms with Crippen LogP contribution >= 0.6 is 11.8 Å². The van der Waals surface area contributed by atoms with Gasteiger partial charge < -0.3 is 9.64 Å². The van der Waals surface area contributed by atoms with E-state index in [-0.39, 0.29) is 34.6 Å². The van der Waals surface area contributed by atoms with Crippen LogP contribution in [0.4, 0.5) is 5.69 Å². The largest absolute Gasteiger partial charge is 0.495 e. The van der Waals surface area contributed by atoms with E-state index in [1.54, 1.807) is 7.11 Å². The Morgan fingerprint density at radius 3 is 2.76 bits per heavy atom. The van der Waals surface area contributed by atoms with Crippen molar-refractivity contribution < 1.29 is 17.9 Å². The third-order valence-electron chi connectivity index (χ3n) is 4.79. The van der Waals surface area contributed by atoms with E-state index in [2.05, 4.69) is 4.99 Å². The lowest BCUT2D eigenvalue weighted by atomic mass is 10.1. The van der Waals surface area contributed by atoms with Crippen LogP contribution in [0.15, 0.2) is 23.2 Å². The Morgan fingerprint density at radius 1 is 1.32 bits per heavy atom. The summed E-state index contributed by atoms with van der Waals surface area (Å²) in [4.78, 5) is 18.5. The van der Waals surface area contributed by atoms with Gasteiger partial charge in [-0.15, -0.1) is 0 Å². The number of carbonyl (C=O) groups is 1. The Balaban J connectivity index is 1.78. The molecule has 2 saturated heterocycles. The molecule has 2 unspecified atom stereocenters. The molecule has 1 saturated carbocycles. The van der Waals surface area contributed by atoms with Crippen LogP contribution in [0.1, 0.15) is 18.4 Å². The molecule has 0 aromatic heterocycles. The van der Waals surface area contributed by atoms with Crippen molar-refractivity contribution >= 4 is 38.4 Å². The van der Waals surface area contributed by atoms with Gasteiger partial charge in [-0.3, -0.25) is 4.79 Å². The van der Waals surface area contributed by atoms with Crippen molar-refractivity contribution in [3.8, 4) is 5.75 Å². The summed E-state index contributed by atoms with van der Waals surface area (Å²) >= 11 is 1.41. The molecule has 2 atom stereocenters. The molecule has 0 spiro atoms. The molecular formula is C17H20N2O4S2. The van der Waals surface area contributed by atoms with Gasteiger partial charge in [0, 0.05) is 11.2 Å². The highest BCUT2D eigenvalue weighted by molar-refractivity contribution is 8.16. The molecule has 8 heteroatoms. The van der Waals surface area contributed by atoms with Crippen molar-refractivity contribution in [2.24, 2.45) is 10.9 Å². The van der Waals surface area contributed by atoms with Gasteiger partial charge in [0.2, 0.25) is 0 Å². The lowest BCUT2D eigenvalue weighted by Crippen LogP contribution is -2.38. The normalized spacial score (nSPS) is 29.0. The Labute approximate surface area is 151 Å². The highest BCUT2D eigenvalue weighted by atomic mass is 32.2. The quantitative estimate of drug-likeness (QED) is 0.798. The van der Waals surface area contributed by atoms with Crippen molar-refractivity contribution in [1.29, 1.82) is 0 Å². The van der Waals surface area contributed by atoms with Gasteiger partial charge in [0.15, 0.2) is 15.0 Å². The van der Waals surface area contributed by atoms with E-state index in [9.17, 15) is 13.2 Å². The highest BCUT2D eigenvalue weighted by Gasteiger charge is 2.50. The summed E-state index contributed by atoms with van der Waals surface area (Å²) in [5, 5.41) is 0.506.